The van der Waals surface area contributed by atoms with E-state index in [1.54, 1.807) is 6.20 Å². The van der Waals surface area contributed by atoms with E-state index in [2.05, 4.69) is 62.4 Å². The largest absolute Gasteiger partial charge is 0.349 e. The molecule has 1 unspecified atom stereocenters. The summed E-state index contributed by atoms with van der Waals surface area (Å²) < 4.78 is 1.13. The smallest absolute Gasteiger partial charge is 0.107 e. The Morgan fingerprint density at radius 3 is 2.94 bits per heavy atom. The number of nitrogens with one attached hydrogen (secondary N) is 2. The lowest BCUT2D eigenvalue weighted by atomic mass is 10.0. The van der Waals surface area contributed by atoms with Crippen molar-refractivity contribution in [3.8, 4) is 0 Å². The third kappa shape index (κ3) is 3.96. The summed E-state index contributed by atoms with van der Waals surface area (Å²) >= 11 is 3.51. The summed E-state index contributed by atoms with van der Waals surface area (Å²) in [7, 11) is 0. The molecule has 18 heavy (non-hydrogen) atoms. The van der Waals surface area contributed by atoms with Crippen molar-refractivity contribution >= 4 is 15.9 Å². The molecule has 1 heterocycles. The quantitative estimate of drug-likeness (QED) is 0.861. The first-order valence-electron chi connectivity index (χ1n) is 6.24. The lowest BCUT2D eigenvalue weighted by molar-refractivity contribution is 0.512. The van der Waals surface area contributed by atoms with Crippen LogP contribution in [-0.2, 0) is 12.8 Å². The third-order valence-corrected chi connectivity index (χ3v) is 3.35. The predicted molar refractivity (Wildman–Crippen MR) is 77.6 cm³/mol. The van der Waals surface area contributed by atoms with Crippen molar-refractivity contribution in [2.45, 2.75) is 25.8 Å². The standard InChI is InChI=1S/C14H18BrN3/c1-2-16-13(10-14-17-6-7-18-14)9-11-4-3-5-12(15)8-11/h3-8,13,16H,2,9-10H2,1H3,(H,17,18). The molecule has 96 valence electrons. The van der Waals surface area contributed by atoms with Gasteiger partial charge in [-0.1, -0.05) is 35.0 Å². The lowest BCUT2D eigenvalue weighted by Crippen LogP contribution is -2.33. The van der Waals surface area contributed by atoms with Crippen molar-refractivity contribution in [2.75, 3.05) is 6.54 Å². The second-order valence-corrected chi connectivity index (χ2v) is 5.24. The van der Waals surface area contributed by atoms with Crippen molar-refractivity contribution in [3.63, 3.8) is 0 Å². The molecule has 2 N–H and O–H groups in total. The van der Waals surface area contributed by atoms with E-state index in [-0.39, 0.29) is 0 Å². The number of rotatable bonds is 6. The minimum absolute atomic E-state index is 0.412. The van der Waals surface area contributed by atoms with Gasteiger partial charge in [0.1, 0.15) is 5.82 Å². The van der Waals surface area contributed by atoms with Crippen LogP contribution in [0.15, 0.2) is 41.1 Å². The molecular formula is C14H18BrN3. The van der Waals surface area contributed by atoms with E-state index in [0.29, 0.717) is 6.04 Å². The molecule has 2 rings (SSSR count). The average molecular weight is 308 g/mol. The van der Waals surface area contributed by atoms with Crippen molar-refractivity contribution in [3.05, 3.63) is 52.5 Å². The van der Waals surface area contributed by atoms with E-state index in [4.69, 9.17) is 0 Å². The Bertz CT molecular complexity index is 468. The number of hydrogen-bond acceptors (Lipinski definition) is 2. The van der Waals surface area contributed by atoms with Crippen LogP contribution in [0.1, 0.15) is 18.3 Å². The molecule has 0 amide bonds. The monoisotopic (exact) mass is 307 g/mol. The molecule has 1 aromatic carbocycles. The van der Waals surface area contributed by atoms with E-state index in [9.17, 15) is 0 Å². The highest BCUT2D eigenvalue weighted by molar-refractivity contribution is 9.10. The molecule has 0 saturated carbocycles. The highest BCUT2D eigenvalue weighted by Crippen LogP contribution is 2.14. The Morgan fingerprint density at radius 1 is 1.39 bits per heavy atom. The van der Waals surface area contributed by atoms with Gasteiger partial charge in [0.25, 0.3) is 0 Å². The third-order valence-electron chi connectivity index (χ3n) is 2.86. The van der Waals surface area contributed by atoms with Crippen molar-refractivity contribution < 1.29 is 0 Å². The molecule has 0 spiro atoms. The van der Waals surface area contributed by atoms with Gasteiger partial charge >= 0.3 is 0 Å². The molecule has 0 bridgehead atoms. The van der Waals surface area contributed by atoms with Crippen LogP contribution < -0.4 is 5.32 Å². The van der Waals surface area contributed by atoms with Crippen LogP contribution in [0.2, 0.25) is 0 Å². The second kappa shape index (κ2) is 6.71. The molecule has 0 aliphatic heterocycles. The zero-order valence-corrected chi connectivity index (χ0v) is 12.1. The van der Waals surface area contributed by atoms with Gasteiger partial charge in [-0.3, -0.25) is 0 Å². The van der Waals surface area contributed by atoms with Crippen molar-refractivity contribution in [1.82, 2.24) is 15.3 Å². The minimum Gasteiger partial charge on any atom is -0.349 e. The molecule has 1 aromatic heterocycles. The first-order valence-corrected chi connectivity index (χ1v) is 7.03. The van der Waals surface area contributed by atoms with Gasteiger partial charge in [0.15, 0.2) is 0 Å². The molecule has 0 aliphatic carbocycles. The fraction of sp³-hybridized carbons (Fsp3) is 0.357. The van der Waals surface area contributed by atoms with Gasteiger partial charge in [0.2, 0.25) is 0 Å². The first-order chi connectivity index (χ1) is 8.78. The van der Waals surface area contributed by atoms with Crippen LogP contribution in [-0.4, -0.2) is 22.6 Å². The summed E-state index contributed by atoms with van der Waals surface area (Å²) in [6.07, 6.45) is 5.61. The molecule has 3 nitrogen and oxygen atoms in total. The summed E-state index contributed by atoms with van der Waals surface area (Å²) in [5.41, 5.74) is 1.34. The molecule has 4 heteroatoms. The molecule has 0 radical (unpaired) electrons. The lowest BCUT2D eigenvalue weighted by Gasteiger charge is -2.17. The molecule has 2 aromatic rings. The van der Waals surface area contributed by atoms with Gasteiger partial charge in [-0.15, -0.1) is 0 Å². The topological polar surface area (TPSA) is 40.7 Å². The van der Waals surface area contributed by atoms with Crippen LogP contribution >= 0.6 is 15.9 Å². The normalized spacial score (nSPS) is 12.6. The molecule has 0 fully saturated rings. The Morgan fingerprint density at radius 2 is 2.28 bits per heavy atom. The zero-order valence-electron chi connectivity index (χ0n) is 10.5. The molecule has 0 saturated heterocycles. The van der Waals surface area contributed by atoms with E-state index >= 15 is 0 Å². The Hall–Kier alpha value is -1.13. The maximum atomic E-state index is 4.29. The number of nitrogens with zero attached hydrogens (tertiary/aromatic N) is 1. The predicted octanol–water partition coefficient (Wildman–Crippen LogP) is 2.94. The van der Waals surface area contributed by atoms with E-state index < -0.39 is 0 Å². The number of hydrogen-bond donors (Lipinski definition) is 2. The number of aromatic amines is 1. The van der Waals surface area contributed by atoms with Crippen molar-refractivity contribution in [2.24, 2.45) is 0 Å². The van der Waals surface area contributed by atoms with Gasteiger partial charge in [-0.05, 0) is 30.7 Å². The van der Waals surface area contributed by atoms with E-state index in [1.807, 2.05) is 6.20 Å². The summed E-state index contributed by atoms with van der Waals surface area (Å²) in [5.74, 6) is 1.04. The van der Waals surface area contributed by atoms with Gasteiger partial charge in [-0.2, -0.15) is 0 Å². The SMILES string of the molecule is CCNC(Cc1cccc(Br)c1)Cc1ncc[nH]1. The molecule has 0 aliphatic rings. The summed E-state index contributed by atoms with van der Waals surface area (Å²) in [4.78, 5) is 7.46. The van der Waals surface area contributed by atoms with Crippen LogP contribution in [0.3, 0.4) is 0 Å². The number of halogens is 1. The zero-order chi connectivity index (χ0) is 12.8. The Labute approximate surface area is 116 Å². The van der Waals surface area contributed by atoms with Gasteiger partial charge in [0, 0.05) is 29.3 Å². The average Bonchev–Trinajstić information content (AvgIpc) is 2.82. The maximum absolute atomic E-state index is 4.29. The number of benzene rings is 1. The minimum atomic E-state index is 0.412. The molecule has 1 atom stereocenters. The van der Waals surface area contributed by atoms with Gasteiger partial charge in [-0.25, -0.2) is 4.98 Å². The highest BCUT2D eigenvalue weighted by Gasteiger charge is 2.11. The van der Waals surface area contributed by atoms with Crippen LogP contribution in [0.5, 0.6) is 0 Å². The Kier molecular flexibility index (Phi) is 4.96. The first kappa shape index (κ1) is 13.3. The second-order valence-electron chi connectivity index (χ2n) is 4.33. The van der Waals surface area contributed by atoms with Crippen LogP contribution in [0.4, 0.5) is 0 Å². The summed E-state index contributed by atoms with van der Waals surface area (Å²) in [5, 5.41) is 3.51. The number of likely N-dealkylation sites (N-methyl/N-ethyl adjacent to an activating group) is 1. The fourth-order valence-corrected chi connectivity index (χ4v) is 2.54. The number of aromatic nitrogens is 2. The number of imidazole rings is 1. The maximum Gasteiger partial charge on any atom is 0.107 e. The highest BCUT2D eigenvalue weighted by atomic mass is 79.9. The van der Waals surface area contributed by atoms with Crippen LogP contribution in [0, 0.1) is 0 Å². The van der Waals surface area contributed by atoms with Gasteiger partial charge < -0.3 is 10.3 Å². The fourth-order valence-electron chi connectivity index (χ4n) is 2.10. The van der Waals surface area contributed by atoms with E-state index in [1.165, 1.54) is 5.56 Å². The van der Waals surface area contributed by atoms with Crippen molar-refractivity contribution in [1.29, 1.82) is 0 Å². The summed E-state index contributed by atoms with van der Waals surface area (Å²) in [6, 6.07) is 8.88. The number of H-pyrrole nitrogens is 1. The summed E-state index contributed by atoms with van der Waals surface area (Å²) in [6.45, 7) is 3.11. The van der Waals surface area contributed by atoms with E-state index in [0.717, 1.165) is 29.7 Å². The Balaban J connectivity index is 2.01. The molecular weight excluding hydrogens is 290 g/mol. The van der Waals surface area contributed by atoms with Crippen LogP contribution in [0.25, 0.3) is 0 Å². The van der Waals surface area contributed by atoms with Gasteiger partial charge in [0.05, 0.1) is 0 Å².